The van der Waals surface area contributed by atoms with E-state index in [1.165, 1.54) is 10.7 Å². The van der Waals surface area contributed by atoms with Gasteiger partial charge in [-0.1, -0.05) is 0 Å². The Bertz CT molecular complexity index is 1290. The molecule has 2 aliphatic heterocycles. The van der Waals surface area contributed by atoms with E-state index in [-0.39, 0.29) is 17.6 Å². The van der Waals surface area contributed by atoms with E-state index in [0.29, 0.717) is 55.5 Å². The van der Waals surface area contributed by atoms with Crippen molar-refractivity contribution in [2.45, 2.75) is 38.2 Å². The van der Waals surface area contributed by atoms with Crippen molar-refractivity contribution < 1.29 is 9.53 Å². The largest absolute Gasteiger partial charge is 0.471 e. The number of carbonyl (C=O) groups excluding carboxylic acids is 1. The van der Waals surface area contributed by atoms with Crippen LogP contribution in [0.3, 0.4) is 0 Å². The molecule has 5 heterocycles. The molecule has 1 spiro atoms. The molecule has 4 N–H and O–H groups in total. The van der Waals surface area contributed by atoms with Gasteiger partial charge in [0.2, 0.25) is 5.88 Å². The minimum Gasteiger partial charge on any atom is -0.471 e. The number of aromatic amines is 2. The first kappa shape index (κ1) is 18.4. The summed E-state index contributed by atoms with van der Waals surface area (Å²) in [6.07, 6.45) is 3.78. The third-order valence-electron chi connectivity index (χ3n) is 5.88. The minimum absolute atomic E-state index is 0.214. The first-order valence-corrected chi connectivity index (χ1v) is 9.80. The average Bonchev–Trinajstić information content (AvgIpc) is 3.17. The van der Waals surface area contributed by atoms with Crippen molar-refractivity contribution in [1.82, 2.24) is 29.5 Å². The molecule has 1 fully saturated rings. The quantitative estimate of drug-likeness (QED) is 0.509. The van der Waals surface area contributed by atoms with Gasteiger partial charge in [0.05, 0.1) is 11.3 Å². The van der Waals surface area contributed by atoms with Gasteiger partial charge in [0.25, 0.3) is 11.5 Å². The molecular formula is C19H21N7O4. The maximum atomic E-state index is 13.2. The fourth-order valence-corrected chi connectivity index (χ4v) is 4.36. The van der Waals surface area contributed by atoms with Crippen LogP contribution in [0.1, 0.15) is 40.9 Å². The Morgan fingerprint density at radius 3 is 2.93 bits per heavy atom. The molecular weight excluding hydrogens is 390 g/mol. The van der Waals surface area contributed by atoms with Crippen molar-refractivity contribution in [3.8, 4) is 5.88 Å². The van der Waals surface area contributed by atoms with Crippen molar-refractivity contribution in [2.24, 2.45) is 0 Å². The van der Waals surface area contributed by atoms with E-state index in [2.05, 4.69) is 20.1 Å². The summed E-state index contributed by atoms with van der Waals surface area (Å²) in [5, 5.41) is 4.29. The molecule has 0 radical (unpaired) electrons. The standard InChI is InChI=1S/C19H21N7O4/c1-10-7-13-21-9-12(14(20)26(13)24-10)17(28)25-5-2-3-19(4-6-25)8-11-15(27)22-18(29)23-16(11)30-19/h7,9H,2-6,8,20H2,1H3,(H2,22,23,27,29)/t19-/m1/s1. The number of hydrogen-bond donors (Lipinski definition) is 3. The highest BCUT2D eigenvalue weighted by molar-refractivity contribution is 5.98. The monoisotopic (exact) mass is 411 g/mol. The summed E-state index contributed by atoms with van der Waals surface area (Å²) >= 11 is 0. The zero-order valence-corrected chi connectivity index (χ0v) is 16.4. The Morgan fingerprint density at radius 1 is 1.27 bits per heavy atom. The van der Waals surface area contributed by atoms with Gasteiger partial charge in [0.15, 0.2) is 5.65 Å². The van der Waals surface area contributed by atoms with Gasteiger partial charge in [-0.15, -0.1) is 0 Å². The van der Waals surface area contributed by atoms with E-state index < -0.39 is 16.9 Å². The molecule has 0 aliphatic carbocycles. The second-order valence-corrected chi connectivity index (χ2v) is 7.94. The summed E-state index contributed by atoms with van der Waals surface area (Å²) in [6, 6.07) is 1.79. The van der Waals surface area contributed by atoms with Crippen LogP contribution < -0.4 is 21.7 Å². The van der Waals surface area contributed by atoms with E-state index >= 15 is 0 Å². The van der Waals surface area contributed by atoms with Crippen LogP contribution in [0.25, 0.3) is 5.65 Å². The number of nitrogens with one attached hydrogen (secondary N) is 2. The molecule has 0 unspecified atom stereocenters. The van der Waals surface area contributed by atoms with Crippen LogP contribution in [0.5, 0.6) is 5.88 Å². The predicted molar refractivity (Wildman–Crippen MR) is 107 cm³/mol. The summed E-state index contributed by atoms with van der Waals surface area (Å²) in [5.74, 6) is 0.274. The number of nitrogen functional groups attached to an aromatic ring is 1. The fraction of sp³-hybridized carbons (Fsp3) is 0.421. The molecule has 3 aromatic heterocycles. The van der Waals surface area contributed by atoms with Crippen molar-refractivity contribution in [2.75, 3.05) is 18.8 Å². The lowest BCUT2D eigenvalue weighted by atomic mass is 9.90. The number of ether oxygens (including phenoxy) is 1. The molecule has 1 atom stereocenters. The van der Waals surface area contributed by atoms with Crippen LogP contribution >= 0.6 is 0 Å². The number of hydrogen-bond acceptors (Lipinski definition) is 7. The van der Waals surface area contributed by atoms with Crippen LogP contribution in [-0.4, -0.2) is 54.1 Å². The molecule has 3 aromatic rings. The normalized spacial score (nSPS) is 20.9. The number of aromatic nitrogens is 5. The Balaban J connectivity index is 1.38. The lowest BCUT2D eigenvalue weighted by Crippen LogP contribution is -2.38. The van der Waals surface area contributed by atoms with E-state index in [0.717, 1.165) is 5.69 Å². The minimum atomic E-state index is -0.610. The number of nitrogens with zero attached hydrogens (tertiary/aromatic N) is 4. The fourth-order valence-electron chi connectivity index (χ4n) is 4.36. The molecule has 0 bridgehead atoms. The van der Waals surface area contributed by atoms with E-state index in [1.807, 2.05) is 6.92 Å². The Labute approximate surface area is 169 Å². The Kier molecular flexibility index (Phi) is 3.95. The number of likely N-dealkylation sites (tertiary alicyclic amines) is 1. The highest BCUT2D eigenvalue weighted by atomic mass is 16.5. The molecule has 1 amide bonds. The third-order valence-corrected chi connectivity index (χ3v) is 5.88. The maximum Gasteiger partial charge on any atom is 0.328 e. The van der Waals surface area contributed by atoms with Crippen molar-refractivity contribution in [1.29, 1.82) is 0 Å². The number of carbonyl (C=O) groups is 1. The zero-order valence-electron chi connectivity index (χ0n) is 16.4. The van der Waals surface area contributed by atoms with Gasteiger partial charge in [0.1, 0.15) is 17.0 Å². The molecule has 2 aliphatic rings. The SMILES string of the molecule is Cc1cc2ncc(C(=O)N3CCC[C@@]4(CC3)Cc3c([nH]c(=O)[nH]c3=O)O4)c(N)n2n1. The van der Waals surface area contributed by atoms with Crippen molar-refractivity contribution in [3.63, 3.8) is 0 Å². The first-order valence-electron chi connectivity index (χ1n) is 9.80. The van der Waals surface area contributed by atoms with E-state index in [9.17, 15) is 14.4 Å². The summed E-state index contributed by atoms with van der Waals surface area (Å²) in [4.78, 5) is 47.6. The van der Waals surface area contributed by atoms with Gasteiger partial charge in [-0.05, 0) is 19.8 Å². The number of fused-ring (bicyclic) bond motifs is 2. The van der Waals surface area contributed by atoms with Crippen LogP contribution in [0.4, 0.5) is 5.82 Å². The molecule has 156 valence electrons. The molecule has 11 heteroatoms. The van der Waals surface area contributed by atoms with Crippen LogP contribution in [0.2, 0.25) is 0 Å². The number of rotatable bonds is 1. The predicted octanol–water partition coefficient (Wildman–Crippen LogP) is -0.00348. The van der Waals surface area contributed by atoms with Crippen LogP contribution in [-0.2, 0) is 6.42 Å². The Hall–Kier alpha value is -3.63. The average molecular weight is 411 g/mol. The second kappa shape index (κ2) is 6.44. The molecule has 11 nitrogen and oxygen atoms in total. The summed E-state index contributed by atoms with van der Waals surface area (Å²) < 4.78 is 7.50. The zero-order chi connectivity index (χ0) is 21.0. The lowest BCUT2D eigenvalue weighted by molar-refractivity contribution is 0.0658. The van der Waals surface area contributed by atoms with E-state index in [1.54, 1.807) is 11.0 Å². The molecule has 0 aromatic carbocycles. The Morgan fingerprint density at radius 2 is 2.10 bits per heavy atom. The van der Waals surface area contributed by atoms with Crippen LogP contribution in [0, 0.1) is 6.92 Å². The van der Waals surface area contributed by atoms with Crippen LogP contribution in [0.15, 0.2) is 21.9 Å². The summed E-state index contributed by atoms with van der Waals surface area (Å²) in [5.41, 5.74) is 6.68. The van der Waals surface area contributed by atoms with Gasteiger partial charge >= 0.3 is 5.69 Å². The highest BCUT2D eigenvalue weighted by Crippen LogP contribution is 2.38. The smallest absolute Gasteiger partial charge is 0.328 e. The third kappa shape index (κ3) is 2.85. The molecule has 30 heavy (non-hydrogen) atoms. The number of nitrogens with two attached hydrogens (primary N) is 1. The number of amides is 1. The van der Waals surface area contributed by atoms with Crippen molar-refractivity contribution >= 4 is 17.4 Å². The topological polar surface area (TPSA) is 151 Å². The second-order valence-electron chi connectivity index (χ2n) is 7.94. The van der Waals surface area contributed by atoms with Gasteiger partial charge < -0.3 is 15.4 Å². The van der Waals surface area contributed by atoms with Gasteiger partial charge in [0, 0.05) is 38.2 Å². The molecule has 0 saturated carbocycles. The molecule has 5 rings (SSSR count). The highest BCUT2D eigenvalue weighted by Gasteiger charge is 2.43. The van der Waals surface area contributed by atoms with Gasteiger partial charge in [-0.3, -0.25) is 19.6 Å². The van der Waals surface area contributed by atoms with Gasteiger partial charge in [-0.25, -0.2) is 9.78 Å². The van der Waals surface area contributed by atoms with Crippen molar-refractivity contribution in [3.05, 3.63) is 49.9 Å². The molecule has 1 saturated heterocycles. The van der Waals surface area contributed by atoms with Gasteiger partial charge in [-0.2, -0.15) is 9.61 Å². The lowest BCUT2D eigenvalue weighted by Gasteiger charge is -2.27. The number of anilines is 1. The summed E-state index contributed by atoms with van der Waals surface area (Å²) in [7, 11) is 0. The maximum absolute atomic E-state index is 13.2. The van der Waals surface area contributed by atoms with E-state index in [4.69, 9.17) is 10.5 Å². The number of aryl methyl sites for hydroxylation is 1. The summed E-state index contributed by atoms with van der Waals surface area (Å²) in [6.45, 7) is 2.80. The number of H-pyrrole nitrogens is 2. The first-order chi connectivity index (χ1) is 14.3.